The predicted octanol–water partition coefficient (Wildman–Crippen LogP) is 4.23. The van der Waals surface area contributed by atoms with Crippen molar-refractivity contribution in [3.05, 3.63) is 82.3 Å². The molecule has 0 spiro atoms. The van der Waals surface area contributed by atoms with Crippen LogP contribution in [0, 0.1) is 0 Å². The second kappa shape index (κ2) is 10.3. The van der Waals surface area contributed by atoms with Gasteiger partial charge < -0.3 is 5.32 Å². The number of rotatable bonds is 8. The monoisotopic (exact) mass is 541 g/mol. The Hall–Kier alpha value is -2.63. The molecule has 3 rings (SSSR count). The van der Waals surface area contributed by atoms with E-state index >= 15 is 0 Å². The number of carbonyl (C=O) groups excluding carboxylic acids is 1. The number of nitrogens with one attached hydrogen (secondary N) is 2. The van der Waals surface area contributed by atoms with E-state index in [-0.39, 0.29) is 32.2 Å². The minimum atomic E-state index is -3.91. The standard InChI is InChI=1S/C22H21Cl2N3O5S2/c1-27(2)34(31,32)20-5-3-4-19(14-20)25-22(28)10-15-6-8-18(9-7-15)26-33(29,30)21-12-16(23)11-17(24)13-21/h3-9,11-14,26H,10H2,1-2H3,(H,25,28). The predicted molar refractivity (Wildman–Crippen MR) is 133 cm³/mol. The zero-order chi connectivity index (χ0) is 25.1. The van der Waals surface area contributed by atoms with Gasteiger partial charge in [0.25, 0.3) is 10.0 Å². The largest absolute Gasteiger partial charge is 0.326 e. The lowest BCUT2D eigenvalue weighted by atomic mass is 10.1. The van der Waals surface area contributed by atoms with E-state index < -0.39 is 20.0 Å². The van der Waals surface area contributed by atoms with Crippen LogP contribution >= 0.6 is 23.2 Å². The number of halogens is 2. The number of hydrogen-bond donors (Lipinski definition) is 2. The molecule has 0 saturated heterocycles. The summed E-state index contributed by atoms with van der Waals surface area (Å²) in [6.07, 6.45) is 0.00158. The van der Waals surface area contributed by atoms with Crippen LogP contribution < -0.4 is 10.0 Å². The number of hydrogen-bond acceptors (Lipinski definition) is 5. The lowest BCUT2D eigenvalue weighted by Crippen LogP contribution is -2.22. The van der Waals surface area contributed by atoms with Crippen molar-refractivity contribution in [3.63, 3.8) is 0 Å². The Balaban J connectivity index is 1.66. The molecule has 0 aromatic heterocycles. The van der Waals surface area contributed by atoms with E-state index in [1.165, 1.54) is 56.6 Å². The fourth-order valence-electron chi connectivity index (χ4n) is 2.92. The number of anilines is 2. The Kier molecular flexibility index (Phi) is 7.89. The molecule has 8 nitrogen and oxygen atoms in total. The summed E-state index contributed by atoms with van der Waals surface area (Å²) in [5, 5.41) is 3.06. The van der Waals surface area contributed by atoms with Crippen molar-refractivity contribution in [2.24, 2.45) is 0 Å². The van der Waals surface area contributed by atoms with Crippen molar-refractivity contribution < 1.29 is 21.6 Å². The molecule has 180 valence electrons. The summed E-state index contributed by atoms with van der Waals surface area (Å²) >= 11 is 11.8. The molecule has 2 N–H and O–H groups in total. The average molecular weight is 542 g/mol. The molecule has 0 saturated carbocycles. The molecule has 0 bridgehead atoms. The van der Waals surface area contributed by atoms with Crippen LogP contribution in [0.2, 0.25) is 10.0 Å². The van der Waals surface area contributed by atoms with Crippen LogP contribution in [-0.4, -0.2) is 41.1 Å². The van der Waals surface area contributed by atoms with Crippen LogP contribution in [0.15, 0.2) is 76.5 Å². The van der Waals surface area contributed by atoms with Gasteiger partial charge in [0.05, 0.1) is 16.2 Å². The minimum absolute atomic E-state index is 0.00158. The number of nitrogens with zero attached hydrogens (tertiary/aromatic N) is 1. The molecule has 0 aliphatic heterocycles. The van der Waals surface area contributed by atoms with Crippen molar-refractivity contribution >= 4 is 60.5 Å². The first-order chi connectivity index (χ1) is 15.9. The summed E-state index contributed by atoms with van der Waals surface area (Å²) in [4.78, 5) is 12.4. The van der Waals surface area contributed by atoms with Crippen molar-refractivity contribution in [2.45, 2.75) is 16.2 Å². The highest BCUT2D eigenvalue weighted by molar-refractivity contribution is 7.92. The van der Waals surface area contributed by atoms with Crippen LogP contribution in [0.4, 0.5) is 11.4 Å². The molecule has 0 heterocycles. The molecule has 34 heavy (non-hydrogen) atoms. The Morgan fingerprint density at radius 2 is 1.44 bits per heavy atom. The number of carbonyl (C=O) groups is 1. The van der Waals surface area contributed by atoms with Crippen LogP contribution in [-0.2, 0) is 31.3 Å². The molecule has 12 heteroatoms. The van der Waals surface area contributed by atoms with Crippen LogP contribution in [0.25, 0.3) is 0 Å². The van der Waals surface area contributed by atoms with E-state index in [0.29, 0.717) is 16.9 Å². The van der Waals surface area contributed by atoms with Gasteiger partial charge in [-0.15, -0.1) is 0 Å². The lowest BCUT2D eigenvalue weighted by molar-refractivity contribution is -0.115. The number of amides is 1. The molecule has 3 aromatic carbocycles. The normalized spacial score (nSPS) is 11.9. The van der Waals surface area contributed by atoms with Gasteiger partial charge >= 0.3 is 0 Å². The average Bonchev–Trinajstić information content (AvgIpc) is 2.74. The fourth-order valence-corrected chi connectivity index (χ4v) is 5.66. The molecule has 0 unspecified atom stereocenters. The van der Waals surface area contributed by atoms with Gasteiger partial charge in [0, 0.05) is 35.5 Å². The van der Waals surface area contributed by atoms with Crippen LogP contribution in [0.3, 0.4) is 0 Å². The number of benzene rings is 3. The third-order valence-electron chi connectivity index (χ3n) is 4.61. The highest BCUT2D eigenvalue weighted by atomic mass is 35.5. The van der Waals surface area contributed by atoms with E-state index in [9.17, 15) is 21.6 Å². The Bertz CT molecular complexity index is 1400. The molecule has 0 radical (unpaired) electrons. The van der Waals surface area contributed by atoms with E-state index in [1.807, 2.05) is 0 Å². The molecular weight excluding hydrogens is 521 g/mol. The third-order valence-corrected chi connectivity index (χ3v) is 8.22. The highest BCUT2D eigenvalue weighted by Crippen LogP contribution is 2.24. The summed E-state index contributed by atoms with van der Waals surface area (Å²) in [5.74, 6) is -0.360. The molecule has 0 atom stereocenters. The topological polar surface area (TPSA) is 113 Å². The van der Waals surface area contributed by atoms with E-state index in [2.05, 4.69) is 10.0 Å². The van der Waals surface area contributed by atoms with Crippen LogP contribution in [0.1, 0.15) is 5.56 Å². The Labute approximate surface area is 208 Å². The first kappa shape index (κ1) is 26.0. The van der Waals surface area contributed by atoms with Crippen molar-refractivity contribution in [3.8, 4) is 0 Å². The van der Waals surface area contributed by atoms with Gasteiger partial charge in [-0.1, -0.05) is 41.4 Å². The number of sulfonamides is 2. The smallest absolute Gasteiger partial charge is 0.261 e. The molecule has 3 aromatic rings. The Morgan fingerprint density at radius 1 is 0.824 bits per heavy atom. The lowest BCUT2D eigenvalue weighted by Gasteiger charge is -2.13. The zero-order valence-electron chi connectivity index (χ0n) is 18.1. The van der Waals surface area contributed by atoms with Gasteiger partial charge in [0.1, 0.15) is 0 Å². The van der Waals surface area contributed by atoms with Gasteiger partial charge in [0.15, 0.2) is 0 Å². The highest BCUT2D eigenvalue weighted by Gasteiger charge is 2.18. The Morgan fingerprint density at radius 3 is 2.03 bits per heavy atom. The van der Waals surface area contributed by atoms with Gasteiger partial charge in [-0.25, -0.2) is 21.1 Å². The van der Waals surface area contributed by atoms with Gasteiger partial charge in [-0.05, 0) is 54.1 Å². The molecule has 0 fully saturated rings. The first-order valence-electron chi connectivity index (χ1n) is 9.77. The SMILES string of the molecule is CN(C)S(=O)(=O)c1cccc(NC(=O)Cc2ccc(NS(=O)(=O)c3cc(Cl)cc(Cl)c3)cc2)c1. The van der Waals surface area contributed by atoms with Crippen molar-refractivity contribution in [1.82, 2.24) is 4.31 Å². The summed E-state index contributed by atoms with van der Waals surface area (Å²) in [7, 11) is -4.69. The van der Waals surface area contributed by atoms with Gasteiger partial charge in [0.2, 0.25) is 15.9 Å². The van der Waals surface area contributed by atoms with E-state index in [4.69, 9.17) is 23.2 Å². The van der Waals surface area contributed by atoms with E-state index in [1.54, 1.807) is 24.3 Å². The van der Waals surface area contributed by atoms with Crippen molar-refractivity contribution in [1.29, 1.82) is 0 Å². The summed E-state index contributed by atoms with van der Waals surface area (Å²) < 4.78 is 53.2. The van der Waals surface area contributed by atoms with E-state index in [0.717, 1.165) is 4.31 Å². The second-order valence-electron chi connectivity index (χ2n) is 7.45. The molecule has 0 aliphatic carbocycles. The second-order valence-corrected chi connectivity index (χ2v) is 12.2. The molecule has 1 amide bonds. The molecular formula is C22H21Cl2N3O5S2. The first-order valence-corrected chi connectivity index (χ1v) is 13.4. The maximum Gasteiger partial charge on any atom is 0.261 e. The quantitative estimate of drug-likeness (QED) is 0.443. The third kappa shape index (κ3) is 6.49. The minimum Gasteiger partial charge on any atom is -0.326 e. The maximum absolute atomic E-state index is 12.6. The summed E-state index contributed by atoms with van der Waals surface area (Å²) in [6, 6.07) is 16.2. The molecule has 0 aliphatic rings. The maximum atomic E-state index is 12.6. The summed E-state index contributed by atoms with van der Waals surface area (Å²) in [6.45, 7) is 0. The fraction of sp³-hybridized carbons (Fsp3) is 0.136. The van der Waals surface area contributed by atoms with Crippen LogP contribution in [0.5, 0.6) is 0 Å². The van der Waals surface area contributed by atoms with Gasteiger partial charge in [-0.2, -0.15) is 0 Å². The summed E-state index contributed by atoms with van der Waals surface area (Å²) in [5.41, 5.74) is 1.27. The zero-order valence-corrected chi connectivity index (χ0v) is 21.3. The van der Waals surface area contributed by atoms with Gasteiger partial charge in [-0.3, -0.25) is 9.52 Å². The van der Waals surface area contributed by atoms with Crippen molar-refractivity contribution in [2.75, 3.05) is 24.1 Å².